The summed E-state index contributed by atoms with van der Waals surface area (Å²) in [5.41, 5.74) is 2.69. The lowest BCUT2D eigenvalue weighted by atomic mass is 10.0. The van der Waals surface area contributed by atoms with E-state index in [4.69, 9.17) is 4.52 Å². The molecule has 4 rings (SSSR count). The summed E-state index contributed by atoms with van der Waals surface area (Å²) in [4.78, 5) is 8.70. The van der Waals surface area contributed by atoms with E-state index in [0.717, 1.165) is 11.1 Å². The first-order valence-electron chi connectivity index (χ1n) is 7.59. The predicted molar refractivity (Wildman–Crippen MR) is 91.7 cm³/mol. The number of phenols is 2. The lowest BCUT2D eigenvalue weighted by Crippen LogP contribution is -1.90. The van der Waals surface area contributed by atoms with Crippen molar-refractivity contribution in [2.45, 2.75) is 0 Å². The topological polar surface area (TPSA) is 92.3 Å². The van der Waals surface area contributed by atoms with Crippen LogP contribution in [0.3, 0.4) is 0 Å². The molecule has 0 spiro atoms. The van der Waals surface area contributed by atoms with Crippen molar-refractivity contribution in [1.82, 2.24) is 15.1 Å². The summed E-state index contributed by atoms with van der Waals surface area (Å²) in [5, 5.41) is 23.5. The van der Waals surface area contributed by atoms with E-state index in [1.165, 1.54) is 18.2 Å². The van der Waals surface area contributed by atoms with Gasteiger partial charge in [0, 0.05) is 11.8 Å². The van der Waals surface area contributed by atoms with Crippen molar-refractivity contribution in [3.05, 3.63) is 66.9 Å². The summed E-state index contributed by atoms with van der Waals surface area (Å²) >= 11 is 0. The summed E-state index contributed by atoms with van der Waals surface area (Å²) in [7, 11) is 0. The quantitative estimate of drug-likeness (QED) is 0.554. The molecule has 0 amide bonds. The number of aromatic hydroxyl groups is 2. The molecule has 0 aliphatic carbocycles. The SMILES string of the molecule is Oc1ccc(O)c(-c2nc(-c3ncccc3-c3ccccc3)no2)c1. The van der Waals surface area contributed by atoms with Gasteiger partial charge in [-0.05, 0) is 29.8 Å². The number of benzene rings is 2. The van der Waals surface area contributed by atoms with Crippen molar-refractivity contribution in [3.8, 4) is 45.6 Å². The summed E-state index contributed by atoms with van der Waals surface area (Å²) in [5.74, 6) is 0.345. The van der Waals surface area contributed by atoms with Gasteiger partial charge in [0.2, 0.25) is 5.82 Å². The van der Waals surface area contributed by atoms with Gasteiger partial charge >= 0.3 is 0 Å². The number of hydrogen-bond donors (Lipinski definition) is 2. The highest BCUT2D eigenvalue weighted by Gasteiger charge is 2.18. The van der Waals surface area contributed by atoms with E-state index >= 15 is 0 Å². The molecule has 0 radical (unpaired) electrons. The lowest BCUT2D eigenvalue weighted by Gasteiger charge is -2.04. The van der Waals surface area contributed by atoms with Crippen molar-refractivity contribution in [2.75, 3.05) is 0 Å². The summed E-state index contributed by atoms with van der Waals surface area (Å²) in [6.07, 6.45) is 1.66. The first-order chi connectivity index (χ1) is 12.2. The van der Waals surface area contributed by atoms with Crippen LogP contribution in [0.25, 0.3) is 34.1 Å². The van der Waals surface area contributed by atoms with E-state index in [1.807, 2.05) is 42.5 Å². The highest BCUT2D eigenvalue weighted by molar-refractivity contribution is 5.78. The largest absolute Gasteiger partial charge is 0.508 e. The number of nitrogens with zero attached hydrogens (tertiary/aromatic N) is 3. The second-order valence-electron chi connectivity index (χ2n) is 5.39. The summed E-state index contributed by atoms with van der Waals surface area (Å²) in [6, 6.07) is 17.7. The normalized spacial score (nSPS) is 10.7. The van der Waals surface area contributed by atoms with Crippen LogP contribution < -0.4 is 0 Å². The molecule has 6 heteroatoms. The van der Waals surface area contributed by atoms with Gasteiger partial charge in [0.15, 0.2) is 0 Å². The molecule has 0 unspecified atom stereocenters. The fraction of sp³-hybridized carbons (Fsp3) is 0. The highest BCUT2D eigenvalue weighted by Crippen LogP contribution is 2.34. The maximum absolute atomic E-state index is 9.95. The van der Waals surface area contributed by atoms with Crippen molar-refractivity contribution in [2.24, 2.45) is 0 Å². The van der Waals surface area contributed by atoms with E-state index in [-0.39, 0.29) is 23.0 Å². The van der Waals surface area contributed by atoms with Crippen LogP contribution in [-0.2, 0) is 0 Å². The fourth-order valence-electron chi connectivity index (χ4n) is 2.56. The molecule has 0 atom stereocenters. The number of rotatable bonds is 3. The molecule has 0 saturated heterocycles. The van der Waals surface area contributed by atoms with Crippen LogP contribution in [0.2, 0.25) is 0 Å². The van der Waals surface area contributed by atoms with Gasteiger partial charge < -0.3 is 14.7 Å². The predicted octanol–water partition coefficient (Wildman–Crippen LogP) is 3.88. The van der Waals surface area contributed by atoms with Crippen LogP contribution >= 0.6 is 0 Å². The monoisotopic (exact) mass is 331 g/mol. The van der Waals surface area contributed by atoms with E-state index in [9.17, 15) is 10.2 Å². The Hall–Kier alpha value is -3.67. The Bertz CT molecular complexity index is 1030. The Balaban J connectivity index is 1.81. The van der Waals surface area contributed by atoms with Gasteiger partial charge in [-0.1, -0.05) is 41.6 Å². The third-order valence-corrected chi connectivity index (χ3v) is 3.74. The molecule has 0 aliphatic heterocycles. The third kappa shape index (κ3) is 2.81. The Morgan fingerprint density at radius 1 is 0.840 bits per heavy atom. The average molecular weight is 331 g/mol. The molecule has 122 valence electrons. The minimum Gasteiger partial charge on any atom is -0.508 e. The second kappa shape index (κ2) is 6.09. The number of hydrogen-bond acceptors (Lipinski definition) is 6. The number of phenolic OH excluding ortho intramolecular Hbond substituents is 2. The third-order valence-electron chi connectivity index (χ3n) is 3.74. The minimum atomic E-state index is -0.0581. The lowest BCUT2D eigenvalue weighted by molar-refractivity contribution is 0.423. The number of aromatic nitrogens is 3. The first-order valence-corrected chi connectivity index (χ1v) is 7.59. The molecule has 25 heavy (non-hydrogen) atoms. The van der Waals surface area contributed by atoms with E-state index in [0.29, 0.717) is 11.5 Å². The Morgan fingerprint density at radius 2 is 1.68 bits per heavy atom. The first kappa shape index (κ1) is 14.9. The van der Waals surface area contributed by atoms with E-state index in [2.05, 4.69) is 15.1 Å². The van der Waals surface area contributed by atoms with Gasteiger partial charge in [-0.15, -0.1) is 0 Å². The van der Waals surface area contributed by atoms with Crippen molar-refractivity contribution >= 4 is 0 Å². The van der Waals surface area contributed by atoms with Crippen LogP contribution in [0.15, 0.2) is 71.4 Å². The van der Waals surface area contributed by atoms with E-state index < -0.39 is 0 Å². The zero-order valence-corrected chi connectivity index (χ0v) is 13.0. The average Bonchev–Trinajstić information content (AvgIpc) is 3.14. The maximum Gasteiger partial charge on any atom is 0.262 e. The zero-order chi connectivity index (χ0) is 17.2. The molecule has 0 fully saturated rings. The van der Waals surface area contributed by atoms with Gasteiger partial charge in [-0.25, -0.2) is 0 Å². The van der Waals surface area contributed by atoms with Gasteiger partial charge in [-0.2, -0.15) is 4.98 Å². The van der Waals surface area contributed by atoms with Crippen LogP contribution in [0.4, 0.5) is 0 Å². The molecule has 0 aliphatic rings. The van der Waals surface area contributed by atoms with Crippen LogP contribution in [0, 0.1) is 0 Å². The van der Waals surface area contributed by atoms with Crippen LogP contribution in [0.5, 0.6) is 11.5 Å². The Kier molecular flexibility index (Phi) is 3.63. The molecular weight excluding hydrogens is 318 g/mol. The van der Waals surface area contributed by atoms with Crippen molar-refractivity contribution < 1.29 is 14.7 Å². The second-order valence-corrected chi connectivity index (χ2v) is 5.39. The molecule has 2 aromatic carbocycles. The summed E-state index contributed by atoms with van der Waals surface area (Å²) in [6.45, 7) is 0. The molecule has 4 aromatic rings. The molecule has 6 nitrogen and oxygen atoms in total. The molecule has 0 saturated carbocycles. The van der Waals surface area contributed by atoms with Crippen LogP contribution in [-0.4, -0.2) is 25.3 Å². The van der Waals surface area contributed by atoms with Gasteiger partial charge in [-0.3, -0.25) is 4.98 Å². The molecule has 2 N–H and O–H groups in total. The molecular formula is C19H13N3O3. The fourth-order valence-corrected chi connectivity index (χ4v) is 2.56. The standard InChI is InChI=1S/C19H13N3O3/c23-13-8-9-16(24)15(11-13)19-21-18(22-25-19)17-14(7-4-10-20-17)12-5-2-1-3-6-12/h1-11,23-24H. The smallest absolute Gasteiger partial charge is 0.262 e. The van der Waals surface area contributed by atoms with Crippen LogP contribution in [0.1, 0.15) is 0 Å². The Morgan fingerprint density at radius 3 is 2.52 bits per heavy atom. The van der Waals surface area contributed by atoms with Crippen molar-refractivity contribution in [1.29, 1.82) is 0 Å². The minimum absolute atomic E-state index is 0.00430. The number of pyridine rings is 1. The maximum atomic E-state index is 9.95. The summed E-state index contributed by atoms with van der Waals surface area (Å²) < 4.78 is 5.26. The van der Waals surface area contributed by atoms with Crippen molar-refractivity contribution in [3.63, 3.8) is 0 Å². The zero-order valence-electron chi connectivity index (χ0n) is 13.0. The molecule has 0 bridgehead atoms. The van der Waals surface area contributed by atoms with Gasteiger partial charge in [0.1, 0.15) is 17.2 Å². The van der Waals surface area contributed by atoms with Gasteiger partial charge in [0.25, 0.3) is 5.89 Å². The highest BCUT2D eigenvalue weighted by atomic mass is 16.5. The van der Waals surface area contributed by atoms with E-state index in [1.54, 1.807) is 6.20 Å². The van der Waals surface area contributed by atoms with Gasteiger partial charge in [0.05, 0.1) is 5.56 Å². The Labute approximate surface area is 143 Å². The molecule has 2 aromatic heterocycles. The molecule has 2 heterocycles.